The van der Waals surface area contributed by atoms with E-state index in [1.54, 1.807) is 31.4 Å². The third-order valence-corrected chi connectivity index (χ3v) is 3.66. The fraction of sp³-hybridized carbons (Fsp3) is 0.350. The van der Waals surface area contributed by atoms with Crippen molar-refractivity contribution in [2.75, 3.05) is 20.3 Å². The summed E-state index contributed by atoms with van der Waals surface area (Å²) in [5.41, 5.74) is 1.11. The van der Waals surface area contributed by atoms with Crippen molar-refractivity contribution in [3.63, 3.8) is 0 Å². The Labute approximate surface area is 148 Å². The molecule has 5 nitrogen and oxygen atoms in total. The number of rotatable bonds is 10. The van der Waals surface area contributed by atoms with E-state index in [4.69, 9.17) is 14.2 Å². The zero-order valence-corrected chi connectivity index (χ0v) is 14.7. The highest BCUT2D eigenvalue weighted by molar-refractivity contribution is 5.81. The van der Waals surface area contributed by atoms with Crippen molar-refractivity contribution < 1.29 is 19.0 Å². The van der Waals surface area contributed by atoms with Crippen LogP contribution in [0.25, 0.3) is 0 Å². The Balaban J connectivity index is 1.70. The number of carbonyl (C=O) groups excluding carboxylic acids is 1. The minimum Gasteiger partial charge on any atom is -0.497 e. The van der Waals surface area contributed by atoms with E-state index in [-0.39, 0.29) is 5.91 Å². The van der Waals surface area contributed by atoms with Crippen LogP contribution in [0.2, 0.25) is 0 Å². The molecule has 134 valence electrons. The standard InChI is InChI=1S/C20H25NO4/c1-3-19(25-18-11-9-17(23-2)10-12-18)20(22)21-13-14-24-15-16-7-5-4-6-8-16/h4-12,19H,3,13-15H2,1-2H3,(H,21,22)/t19-/m1/s1. The van der Waals surface area contributed by atoms with E-state index < -0.39 is 6.10 Å². The Morgan fingerprint density at radius 1 is 1.04 bits per heavy atom. The van der Waals surface area contributed by atoms with Gasteiger partial charge in [-0.3, -0.25) is 4.79 Å². The summed E-state index contributed by atoms with van der Waals surface area (Å²) in [6.45, 7) is 3.36. The number of hydrogen-bond donors (Lipinski definition) is 1. The molecule has 0 radical (unpaired) electrons. The summed E-state index contributed by atoms with van der Waals surface area (Å²) in [7, 11) is 1.61. The van der Waals surface area contributed by atoms with Gasteiger partial charge in [0, 0.05) is 6.54 Å². The molecule has 0 aliphatic heterocycles. The summed E-state index contributed by atoms with van der Waals surface area (Å²) in [5.74, 6) is 1.25. The van der Waals surface area contributed by atoms with Gasteiger partial charge < -0.3 is 19.5 Å². The van der Waals surface area contributed by atoms with Gasteiger partial charge in [-0.1, -0.05) is 37.3 Å². The van der Waals surface area contributed by atoms with Gasteiger partial charge in [0.05, 0.1) is 20.3 Å². The van der Waals surface area contributed by atoms with E-state index in [0.29, 0.717) is 31.9 Å². The Morgan fingerprint density at radius 3 is 2.36 bits per heavy atom. The molecule has 0 heterocycles. The molecule has 0 fully saturated rings. The van der Waals surface area contributed by atoms with Crippen LogP contribution >= 0.6 is 0 Å². The summed E-state index contributed by atoms with van der Waals surface area (Å²) in [6, 6.07) is 17.1. The molecule has 0 saturated carbocycles. The second-order valence-corrected chi connectivity index (χ2v) is 5.52. The lowest BCUT2D eigenvalue weighted by Crippen LogP contribution is -2.39. The lowest BCUT2D eigenvalue weighted by atomic mass is 10.2. The van der Waals surface area contributed by atoms with Gasteiger partial charge in [-0.25, -0.2) is 0 Å². The maximum Gasteiger partial charge on any atom is 0.261 e. The highest BCUT2D eigenvalue weighted by Crippen LogP contribution is 2.18. The van der Waals surface area contributed by atoms with Gasteiger partial charge in [-0.05, 0) is 36.2 Å². The monoisotopic (exact) mass is 343 g/mol. The first-order chi connectivity index (χ1) is 12.2. The Morgan fingerprint density at radius 2 is 1.72 bits per heavy atom. The quantitative estimate of drug-likeness (QED) is 0.673. The maximum absolute atomic E-state index is 12.2. The summed E-state index contributed by atoms with van der Waals surface area (Å²) < 4.78 is 16.4. The molecule has 0 bridgehead atoms. The second-order valence-electron chi connectivity index (χ2n) is 5.52. The first-order valence-corrected chi connectivity index (χ1v) is 8.43. The van der Waals surface area contributed by atoms with Gasteiger partial charge in [0.2, 0.25) is 0 Å². The van der Waals surface area contributed by atoms with Crippen molar-refractivity contribution in [2.45, 2.75) is 26.1 Å². The Hall–Kier alpha value is -2.53. The number of carbonyl (C=O) groups is 1. The average Bonchev–Trinajstić information content (AvgIpc) is 2.67. The maximum atomic E-state index is 12.2. The minimum absolute atomic E-state index is 0.137. The van der Waals surface area contributed by atoms with Crippen molar-refractivity contribution >= 4 is 5.91 Å². The molecule has 1 amide bonds. The molecule has 0 aromatic heterocycles. The molecule has 0 spiro atoms. The molecule has 2 aromatic carbocycles. The van der Waals surface area contributed by atoms with Crippen LogP contribution in [0.5, 0.6) is 11.5 Å². The predicted octanol–water partition coefficient (Wildman–Crippen LogP) is 3.19. The zero-order chi connectivity index (χ0) is 17.9. The van der Waals surface area contributed by atoms with Crippen molar-refractivity contribution in [1.82, 2.24) is 5.32 Å². The van der Waals surface area contributed by atoms with E-state index >= 15 is 0 Å². The molecule has 1 atom stereocenters. The van der Waals surface area contributed by atoms with E-state index in [2.05, 4.69) is 5.32 Å². The minimum atomic E-state index is -0.525. The summed E-state index contributed by atoms with van der Waals surface area (Å²) >= 11 is 0. The molecule has 2 rings (SSSR count). The summed E-state index contributed by atoms with van der Waals surface area (Å²) in [4.78, 5) is 12.2. The number of ether oxygens (including phenoxy) is 3. The fourth-order valence-corrected chi connectivity index (χ4v) is 2.27. The van der Waals surface area contributed by atoms with Crippen LogP contribution in [0.3, 0.4) is 0 Å². The normalized spacial score (nSPS) is 11.6. The van der Waals surface area contributed by atoms with Crippen LogP contribution in [0.4, 0.5) is 0 Å². The van der Waals surface area contributed by atoms with Crippen LogP contribution in [0.15, 0.2) is 54.6 Å². The molecule has 2 aromatic rings. The molecule has 0 unspecified atom stereocenters. The molecule has 0 saturated heterocycles. The van der Waals surface area contributed by atoms with Gasteiger partial charge in [0.25, 0.3) is 5.91 Å². The van der Waals surface area contributed by atoms with E-state index in [1.807, 2.05) is 37.3 Å². The third-order valence-electron chi connectivity index (χ3n) is 3.66. The third kappa shape index (κ3) is 6.47. The first-order valence-electron chi connectivity index (χ1n) is 8.43. The zero-order valence-electron chi connectivity index (χ0n) is 14.7. The van der Waals surface area contributed by atoms with Crippen molar-refractivity contribution in [1.29, 1.82) is 0 Å². The molecular weight excluding hydrogens is 318 g/mol. The molecule has 0 aliphatic rings. The second kappa shape index (κ2) is 10.4. The molecular formula is C20H25NO4. The number of benzene rings is 2. The van der Waals surface area contributed by atoms with Gasteiger partial charge >= 0.3 is 0 Å². The number of hydrogen-bond acceptors (Lipinski definition) is 4. The molecule has 0 aliphatic carbocycles. The first kappa shape index (κ1) is 18.8. The topological polar surface area (TPSA) is 56.8 Å². The van der Waals surface area contributed by atoms with Gasteiger partial charge in [-0.15, -0.1) is 0 Å². The van der Waals surface area contributed by atoms with Crippen LogP contribution in [0.1, 0.15) is 18.9 Å². The lowest BCUT2D eigenvalue weighted by molar-refractivity contribution is -0.128. The number of amides is 1. The van der Waals surface area contributed by atoms with E-state index in [1.165, 1.54) is 0 Å². The lowest BCUT2D eigenvalue weighted by Gasteiger charge is -2.17. The average molecular weight is 343 g/mol. The van der Waals surface area contributed by atoms with E-state index in [9.17, 15) is 4.79 Å². The van der Waals surface area contributed by atoms with Gasteiger partial charge in [-0.2, -0.15) is 0 Å². The van der Waals surface area contributed by atoms with Gasteiger partial charge in [0.15, 0.2) is 6.10 Å². The highest BCUT2D eigenvalue weighted by Gasteiger charge is 2.17. The van der Waals surface area contributed by atoms with Crippen molar-refractivity contribution in [3.05, 3.63) is 60.2 Å². The van der Waals surface area contributed by atoms with Crippen molar-refractivity contribution in [3.8, 4) is 11.5 Å². The van der Waals surface area contributed by atoms with Crippen LogP contribution in [0, 0.1) is 0 Å². The van der Waals surface area contributed by atoms with Crippen LogP contribution in [-0.4, -0.2) is 32.3 Å². The summed E-state index contributed by atoms with van der Waals surface area (Å²) in [6.07, 6.45) is 0.0606. The van der Waals surface area contributed by atoms with Crippen molar-refractivity contribution in [2.24, 2.45) is 0 Å². The van der Waals surface area contributed by atoms with Crippen LogP contribution < -0.4 is 14.8 Å². The fourth-order valence-electron chi connectivity index (χ4n) is 2.27. The van der Waals surface area contributed by atoms with Crippen LogP contribution in [-0.2, 0) is 16.1 Å². The molecule has 1 N–H and O–H groups in total. The predicted molar refractivity (Wildman–Crippen MR) is 96.8 cm³/mol. The SMILES string of the molecule is CC[C@@H](Oc1ccc(OC)cc1)C(=O)NCCOCc1ccccc1. The van der Waals surface area contributed by atoms with E-state index in [0.717, 1.165) is 11.3 Å². The Kier molecular flexibility index (Phi) is 7.79. The highest BCUT2D eigenvalue weighted by atomic mass is 16.5. The molecule has 25 heavy (non-hydrogen) atoms. The Bertz CT molecular complexity index is 628. The number of nitrogens with one attached hydrogen (secondary N) is 1. The smallest absolute Gasteiger partial charge is 0.261 e. The van der Waals surface area contributed by atoms with Gasteiger partial charge in [0.1, 0.15) is 11.5 Å². The number of methoxy groups -OCH3 is 1. The largest absolute Gasteiger partial charge is 0.497 e. The summed E-state index contributed by atoms with van der Waals surface area (Å²) in [5, 5.41) is 2.85. The molecule has 5 heteroatoms.